The Labute approximate surface area is 150 Å². The van der Waals surface area contributed by atoms with Gasteiger partial charge in [-0.05, 0) is 5.92 Å². The SMILES string of the molecule is CC(CNC(=O)CC1CSCCN1)CN1CCOCC1.Cl.Cl. The van der Waals surface area contributed by atoms with E-state index in [-0.39, 0.29) is 30.7 Å². The number of thioether (sulfide) groups is 1. The largest absolute Gasteiger partial charge is 0.379 e. The van der Waals surface area contributed by atoms with Crippen LogP contribution in [0.3, 0.4) is 0 Å². The van der Waals surface area contributed by atoms with E-state index in [2.05, 4.69) is 22.5 Å². The molecule has 5 nitrogen and oxygen atoms in total. The molecule has 2 saturated heterocycles. The molecule has 2 aliphatic rings. The first-order chi connectivity index (χ1) is 9.74. The molecule has 2 rings (SSSR count). The first-order valence-electron chi connectivity index (χ1n) is 7.62. The van der Waals surface area contributed by atoms with Gasteiger partial charge in [-0.3, -0.25) is 9.69 Å². The van der Waals surface area contributed by atoms with E-state index in [1.54, 1.807) is 0 Å². The fraction of sp³-hybridized carbons (Fsp3) is 0.929. The standard InChI is InChI=1S/C14H27N3O2S.2ClH/c1-12(10-17-3-5-19-6-4-17)9-16-14(18)8-13-11-20-7-2-15-13;;/h12-13,15H,2-11H2,1H3,(H,16,18);2*1H. The fourth-order valence-electron chi connectivity index (χ4n) is 2.62. The quantitative estimate of drug-likeness (QED) is 0.727. The van der Waals surface area contributed by atoms with Crippen molar-refractivity contribution in [3.8, 4) is 0 Å². The summed E-state index contributed by atoms with van der Waals surface area (Å²) in [7, 11) is 0. The maximum atomic E-state index is 11.9. The molecule has 0 aromatic rings. The molecule has 2 N–H and O–H groups in total. The highest BCUT2D eigenvalue weighted by Gasteiger charge is 2.18. The number of rotatable bonds is 6. The van der Waals surface area contributed by atoms with Crippen LogP contribution in [0.5, 0.6) is 0 Å². The van der Waals surface area contributed by atoms with E-state index in [0.29, 0.717) is 18.4 Å². The van der Waals surface area contributed by atoms with Crippen LogP contribution in [0.25, 0.3) is 0 Å². The van der Waals surface area contributed by atoms with E-state index in [4.69, 9.17) is 4.74 Å². The van der Waals surface area contributed by atoms with Crippen LogP contribution in [0.4, 0.5) is 0 Å². The number of halogens is 2. The zero-order valence-corrected chi connectivity index (χ0v) is 15.7. The summed E-state index contributed by atoms with van der Waals surface area (Å²) >= 11 is 1.93. The van der Waals surface area contributed by atoms with Crippen molar-refractivity contribution in [1.29, 1.82) is 0 Å². The molecule has 132 valence electrons. The van der Waals surface area contributed by atoms with E-state index in [1.807, 2.05) is 11.8 Å². The smallest absolute Gasteiger partial charge is 0.221 e. The highest BCUT2D eigenvalue weighted by molar-refractivity contribution is 7.99. The summed E-state index contributed by atoms with van der Waals surface area (Å²) in [5, 5.41) is 6.47. The normalized spacial score (nSPS) is 23.8. The second-order valence-electron chi connectivity index (χ2n) is 5.75. The maximum absolute atomic E-state index is 11.9. The van der Waals surface area contributed by atoms with E-state index >= 15 is 0 Å². The lowest BCUT2D eigenvalue weighted by molar-refractivity contribution is -0.121. The Bertz CT molecular complexity index is 302. The van der Waals surface area contributed by atoms with Gasteiger partial charge in [-0.2, -0.15) is 11.8 Å². The molecule has 0 aromatic carbocycles. The van der Waals surface area contributed by atoms with Gasteiger partial charge in [0.1, 0.15) is 0 Å². The Morgan fingerprint density at radius 2 is 2.14 bits per heavy atom. The Hall–Kier alpha value is 0.280. The molecule has 0 aliphatic carbocycles. The van der Waals surface area contributed by atoms with Crippen LogP contribution in [0.15, 0.2) is 0 Å². The summed E-state index contributed by atoms with van der Waals surface area (Å²) in [6, 6.07) is 0.350. The summed E-state index contributed by atoms with van der Waals surface area (Å²) in [6.45, 7) is 8.74. The highest BCUT2D eigenvalue weighted by atomic mass is 35.5. The lowest BCUT2D eigenvalue weighted by Crippen LogP contribution is -2.43. The number of amides is 1. The first-order valence-corrected chi connectivity index (χ1v) is 8.77. The van der Waals surface area contributed by atoms with Crippen molar-refractivity contribution < 1.29 is 9.53 Å². The van der Waals surface area contributed by atoms with Crippen LogP contribution in [0.1, 0.15) is 13.3 Å². The zero-order chi connectivity index (χ0) is 14.2. The molecule has 0 saturated carbocycles. The monoisotopic (exact) mass is 373 g/mol. The third kappa shape index (κ3) is 8.79. The van der Waals surface area contributed by atoms with Gasteiger partial charge in [0.15, 0.2) is 0 Å². The number of hydrogen-bond donors (Lipinski definition) is 2. The van der Waals surface area contributed by atoms with Crippen molar-refractivity contribution in [2.75, 3.05) is 57.4 Å². The average Bonchev–Trinajstić information content (AvgIpc) is 2.47. The Balaban J connectivity index is 0.00000220. The predicted octanol–water partition coefficient (Wildman–Crippen LogP) is 1.01. The number of carbonyl (C=O) groups excluding carboxylic acids is 1. The molecule has 8 heteroatoms. The Morgan fingerprint density at radius 1 is 1.41 bits per heavy atom. The minimum Gasteiger partial charge on any atom is -0.379 e. The van der Waals surface area contributed by atoms with E-state index in [0.717, 1.165) is 57.4 Å². The molecule has 1 amide bonds. The van der Waals surface area contributed by atoms with Gasteiger partial charge in [0.25, 0.3) is 0 Å². The van der Waals surface area contributed by atoms with E-state index in [1.165, 1.54) is 0 Å². The number of hydrogen-bond acceptors (Lipinski definition) is 5. The number of morpholine rings is 1. The summed E-state index contributed by atoms with van der Waals surface area (Å²) in [6.07, 6.45) is 0.608. The highest BCUT2D eigenvalue weighted by Crippen LogP contribution is 2.10. The van der Waals surface area contributed by atoms with Gasteiger partial charge < -0.3 is 15.4 Å². The van der Waals surface area contributed by atoms with Crippen LogP contribution >= 0.6 is 36.6 Å². The van der Waals surface area contributed by atoms with Crippen LogP contribution in [0.2, 0.25) is 0 Å². The van der Waals surface area contributed by atoms with Gasteiger partial charge in [0, 0.05) is 56.7 Å². The van der Waals surface area contributed by atoms with Crippen molar-refractivity contribution in [2.45, 2.75) is 19.4 Å². The molecular formula is C14H29Cl2N3O2S. The Kier molecular flexibility index (Phi) is 12.8. The summed E-state index contributed by atoms with van der Waals surface area (Å²) in [4.78, 5) is 14.3. The molecule has 0 radical (unpaired) electrons. The molecule has 2 unspecified atom stereocenters. The van der Waals surface area contributed by atoms with Crippen molar-refractivity contribution in [3.63, 3.8) is 0 Å². The maximum Gasteiger partial charge on any atom is 0.221 e. The molecule has 0 aromatic heterocycles. The van der Waals surface area contributed by atoms with Crippen molar-refractivity contribution in [3.05, 3.63) is 0 Å². The molecular weight excluding hydrogens is 345 g/mol. The number of carbonyl (C=O) groups is 1. The number of nitrogens with one attached hydrogen (secondary N) is 2. The minimum atomic E-state index is 0. The summed E-state index contributed by atoms with van der Waals surface area (Å²) in [5.41, 5.74) is 0. The van der Waals surface area contributed by atoms with Gasteiger partial charge in [-0.15, -0.1) is 24.8 Å². The van der Waals surface area contributed by atoms with Crippen molar-refractivity contribution in [1.82, 2.24) is 15.5 Å². The van der Waals surface area contributed by atoms with Gasteiger partial charge in [-0.1, -0.05) is 6.92 Å². The number of nitrogens with zero attached hydrogens (tertiary/aromatic N) is 1. The fourth-order valence-corrected chi connectivity index (χ4v) is 3.57. The van der Waals surface area contributed by atoms with Gasteiger partial charge in [-0.25, -0.2) is 0 Å². The molecule has 2 atom stereocenters. The van der Waals surface area contributed by atoms with Gasteiger partial charge >= 0.3 is 0 Å². The molecule has 2 fully saturated rings. The predicted molar refractivity (Wildman–Crippen MR) is 97.7 cm³/mol. The van der Waals surface area contributed by atoms with Crippen LogP contribution < -0.4 is 10.6 Å². The molecule has 0 spiro atoms. The van der Waals surface area contributed by atoms with Crippen molar-refractivity contribution in [2.24, 2.45) is 5.92 Å². The lowest BCUT2D eigenvalue weighted by Gasteiger charge is -2.29. The first kappa shape index (κ1) is 22.3. The number of ether oxygens (including phenoxy) is 1. The van der Waals surface area contributed by atoms with E-state index in [9.17, 15) is 4.79 Å². The third-order valence-corrected chi connectivity index (χ3v) is 4.88. The van der Waals surface area contributed by atoms with Crippen LogP contribution in [-0.4, -0.2) is 74.3 Å². The minimum absolute atomic E-state index is 0. The topological polar surface area (TPSA) is 53.6 Å². The second kappa shape index (κ2) is 12.7. The Morgan fingerprint density at radius 3 is 2.77 bits per heavy atom. The average molecular weight is 374 g/mol. The molecule has 22 heavy (non-hydrogen) atoms. The molecule has 2 aliphatic heterocycles. The third-order valence-electron chi connectivity index (χ3n) is 3.75. The van der Waals surface area contributed by atoms with Crippen LogP contribution in [0, 0.1) is 5.92 Å². The molecule has 2 heterocycles. The second-order valence-corrected chi connectivity index (χ2v) is 6.90. The lowest BCUT2D eigenvalue weighted by atomic mass is 10.1. The summed E-state index contributed by atoms with van der Waals surface area (Å²) in [5.74, 6) is 2.88. The van der Waals surface area contributed by atoms with Crippen molar-refractivity contribution >= 4 is 42.5 Å². The van der Waals surface area contributed by atoms with Gasteiger partial charge in [0.2, 0.25) is 5.91 Å². The van der Waals surface area contributed by atoms with Crippen LogP contribution in [-0.2, 0) is 9.53 Å². The molecule has 0 bridgehead atoms. The summed E-state index contributed by atoms with van der Waals surface area (Å²) < 4.78 is 5.34. The van der Waals surface area contributed by atoms with Gasteiger partial charge in [0.05, 0.1) is 13.2 Å². The zero-order valence-electron chi connectivity index (χ0n) is 13.2. The van der Waals surface area contributed by atoms with E-state index < -0.39 is 0 Å².